The standard InChI is InChI=1S/C13H15N3O3S/c17-13-4-9-3-12(16(18)19)11(5-10(9)15-13)14-6-8-1-2-20-7-8/h3,5,8,14H,1-2,4,6-7H2,(H,15,17). The fraction of sp³-hybridized carbons (Fsp3) is 0.462. The van der Waals surface area contributed by atoms with E-state index in [0.29, 0.717) is 22.9 Å². The van der Waals surface area contributed by atoms with Crippen LogP contribution in [0.5, 0.6) is 0 Å². The summed E-state index contributed by atoms with van der Waals surface area (Å²) in [6.45, 7) is 0.737. The molecule has 0 saturated carbocycles. The van der Waals surface area contributed by atoms with Crippen molar-refractivity contribution in [3.63, 3.8) is 0 Å². The van der Waals surface area contributed by atoms with Crippen LogP contribution in [0.4, 0.5) is 17.1 Å². The Morgan fingerprint density at radius 1 is 1.50 bits per heavy atom. The van der Waals surface area contributed by atoms with E-state index in [9.17, 15) is 14.9 Å². The van der Waals surface area contributed by atoms with E-state index < -0.39 is 4.92 Å². The highest BCUT2D eigenvalue weighted by Crippen LogP contribution is 2.35. The molecule has 1 amide bonds. The number of nitro groups is 1. The molecule has 2 aliphatic heterocycles. The molecule has 0 aromatic heterocycles. The third-order valence-corrected chi connectivity index (χ3v) is 4.88. The molecular formula is C13H15N3O3S. The minimum atomic E-state index is -0.394. The highest BCUT2D eigenvalue weighted by atomic mass is 32.2. The maximum Gasteiger partial charge on any atom is 0.292 e. The van der Waals surface area contributed by atoms with E-state index in [0.717, 1.165) is 24.5 Å². The third kappa shape index (κ3) is 2.58. The molecule has 0 aliphatic carbocycles. The second-order valence-electron chi connectivity index (χ2n) is 5.12. The van der Waals surface area contributed by atoms with Crippen LogP contribution in [0, 0.1) is 16.0 Å². The number of rotatable bonds is 4. The largest absolute Gasteiger partial charge is 0.379 e. The van der Waals surface area contributed by atoms with Gasteiger partial charge in [0.25, 0.3) is 5.69 Å². The van der Waals surface area contributed by atoms with Gasteiger partial charge in [0, 0.05) is 18.3 Å². The monoisotopic (exact) mass is 293 g/mol. The summed E-state index contributed by atoms with van der Waals surface area (Å²) in [6, 6.07) is 3.18. The first-order chi connectivity index (χ1) is 9.63. The zero-order chi connectivity index (χ0) is 14.1. The molecule has 0 radical (unpaired) electrons. The van der Waals surface area contributed by atoms with E-state index in [4.69, 9.17) is 0 Å². The van der Waals surface area contributed by atoms with Gasteiger partial charge in [0.1, 0.15) is 5.69 Å². The van der Waals surface area contributed by atoms with E-state index in [2.05, 4.69) is 10.6 Å². The van der Waals surface area contributed by atoms with E-state index >= 15 is 0 Å². The van der Waals surface area contributed by atoms with Crippen molar-refractivity contribution in [2.75, 3.05) is 28.7 Å². The minimum Gasteiger partial charge on any atom is -0.379 e. The summed E-state index contributed by atoms with van der Waals surface area (Å²) in [7, 11) is 0. The van der Waals surface area contributed by atoms with Gasteiger partial charge in [0.15, 0.2) is 0 Å². The average molecular weight is 293 g/mol. The number of nitro benzene ring substituents is 1. The number of hydrogen-bond donors (Lipinski definition) is 2. The van der Waals surface area contributed by atoms with Gasteiger partial charge in [-0.05, 0) is 35.5 Å². The summed E-state index contributed by atoms with van der Waals surface area (Å²) in [5, 5.41) is 17.1. The number of carbonyl (C=O) groups is 1. The SMILES string of the molecule is O=C1Cc2cc([N+](=O)[O-])c(NCC3CCSC3)cc2N1. The van der Waals surface area contributed by atoms with Crippen molar-refractivity contribution >= 4 is 34.7 Å². The second kappa shape index (κ2) is 5.32. The minimum absolute atomic E-state index is 0.0471. The van der Waals surface area contributed by atoms with Crippen molar-refractivity contribution in [2.45, 2.75) is 12.8 Å². The van der Waals surface area contributed by atoms with E-state index in [1.165, 1.54) is 6.07 Å². The Labute approximate surface area is 120 Å². The number of anilines is 2. The first-order valence-corrected chi connectivity index (χ1v) is 7.72. The van der Waals surface area contributed by atoms with Gasteiger partial charge in [-0.25, -0.2) is 0 Å². The highest BCUT2D eigenvalue weighted by Gasteiger charge is 2.25. The quantitative estimate of drug-likeness (QED) is 0.657. The Kier molecular flexibility index (Phi) is 3.52. The molecule has 2 N–H and O–H groups in total. The van der Waals surface area contributed by atoms with E-state index in [1.807, 2.05) is 11.8 Å². The number of fused-ring (bicyclic) bond motifs is 1. The molecule has 1 atom stereocenters. The molecule has 6 nitrogen and oxygen atoms in total. The normalized spacial score (nSPS) is 20.6. The van der Waals surface area contributed by atoms with Crippen LogP contribution in [0.3, 0.4) is 0 Å². The summed E-state index contributed by atoms with van der Waals surface area (Å²) in [5.74, 6) is 2.71. The third-order valence-electron chi connectivity index (χ3n) is 3.65. The van der Waals surface area contributed by atoms with Crippen molar-refractivity contribution in [3.05, 3.63) is 27.8 Å². The summed E-state index contributed by atoms with van der Waals surface area (Å²) in [4.78, 5) is 22.1. The van der Waals surface area contributed by atoms with Gasteiger partial charge < -0.3 is 10.6 Å². The lowest BCUT2D eigenvalue weighted by Gasteiger charge is -2.12. The molecule has 1 saturated heterocycles. The van der Waals surface area contributed by atoms with E-state index in [1.54, 1.807) is 6.07 Å². The van der Waals surface area contributed by atoms with Gasteiger partial charge in [-0.3, -0.25) is 14.9 Å². The molecule has 2 heterocycles. The lowest BCUT2D eigenvalue weighted by molar-refractivity contribution is -0.384. The smallest absolute Gasteiger partial charge is 0.292 e. The zero-order valence-electron chi connectivity index (χ0n) is 10.8. The summed E-state index contributed by atoms with van der Waals surface area (Å²) < 4.78 is 0. The van der Waals surface area contributed by atoms with Crippen LogP contribution < -0.4 is 10.6 Å². The summed E-state index contributed by atoms with van der Waals surface area (Å²) in [5.41, 5.74) is 1.92. The van der Waals surface area contributed by atoms with Crippen molar-refractivity contribution < 1.29 is 9.72 Å². The van der Waals surface area contributed by atoms with Crippen molar-refractivity contribution in [1.29, 1.82) is 0 Å². The van der Waals surface area contributed by atoms with Crippen LogP contribution in [-0.2, 0) is 11.2 Å². The van der Waals surface area contributed by atoms with Gasteiger partial charge in [0.05, 0.1) is 11.3 Å². The zero-order valence-corrected chi connectivity index (χ0v) is 11.7. The highest BCUT2D eigenvalue weighted by molar-refractivity contribution is 7.99. The lowest BCUT2D eigenvalue weighted by Crippen LogP contribution is -2.14. The number of hydrogen-bond acceptors (Lipinski definition) is 5. The molecular weight excluding hydrogens is 278 g/mol. The summed E-state index contributed by atoms with van der Waals surface area (Å²) in [6.07, 6.45) is 1.36. The van der Waals surface area contributed by atoms with E-state index in [-0.39, 0.29) is 18.0 Å². The number of thioether (sulfide) groups is 1. The molecule has 1 fully saturated rings. The van der Waals surface area contributed by atoms with Crippen molar-refractivity contribution in [2.24, 2.45) is 5.92 Å². The molecule has 106 valence electrons. The molecule has 20 heavy (non-hydrogen) atoms. The Bertz CT molecular complexity index is 570. The van der Waals surface area contributed by atoms with Gasteiger partial charge in [-0.15, -0.1) is 0 Å². The van der Waals surface area contributed by atoms with Crippen LogP contribution >= 0.6 is 11.8 Å². The van der Waals surface area contributed by atoms with Gasteiger partial charge in [0.2, 0.25) is 5.91 Å². The van der Waals surface area contributed by atoms with Crippen LogP contribution in [0.1, 0.15) is 12.0 Å². The van der Waals surface area contributed by atoms with Gasteiger partial charge in [-0.1, -0.05) is 0 Å². The average Bonchev–Trinajstić information content (AvgIpc) is 3.02. The molecule has 3 rings (SSSR count). The molecule has 1 unspecified atom stereocenters. The Morgan fingerprint density at radius 2 is 2.35 bits per heavy atom. The van der Waals surface area contributed by atoms with Crippen LogP contribution in [0.25, 0.3) is 0 Å². The topological polar surface area (TPSA) is 84.3 Å². The van der Waals surface area contributed by atoms with Crippen molar-refractivity contribution in [3.8, 4) is 0 Å². The maximum absolute atomic E-state index is 11.4. The van der Waals surface area contributed by atoms with Crippen LogP contribution in [0.2, 0.25) is 0 Å². The van der Waals surface area contributed by atoms with Crippen molar-refractivity contribution in [1.82, 2.24) is 0 Å². The fourth-order valence-electron chi connectivity index (χ4n) is 2.55. The number of nitrogens with zero attached hydrogens (tertiary/aromatic N) is 1. The Hall–Kier alpha value is -1.76. The Balaban J connectivity index is 1.82. The van der Waals surface area contributed by atoms with Crippen LogP contribution in [-0.4, -0.2) is 28.9 Å². The number of carbonyl (C=O) groups excluding carboxylic acids is 1. The number of amides is 1. The predicted octanol–water partition coefficient (Wildman–Crippen LogP) is 2.25. The predicted molar refractivity (Wildman–Crippen MR) is 79.4 cm³/mol. The second-order valence-corrected chi connectivity index (χ2v) is 6.27. The maximum atomic E-state index is 11.4. The molecule has 0 bridgehead atoms. The molecule has 7 heteroatoms. The molecule has 1 aromatic rings. The Morgan fingerprint density at radius 3 is 3.05 bits per heavy atom. The molecule has 1 aromatic carbocycles. The lowest BCUT2D eigenvalue weighted by atomic mass is 10.1. The van der Waals surface area contributed by atoms with Crippen LogP contribution in [0.15, 0.2) is 12.1 Å². The molecule has 2 aliphatic rings. The molecule has 0 spiro atoms. The van der Waals surface area contributed by atoms with Gasteiger partial charge in [-0.2, -0.15) is 11.8 Å². The first kappa shape index (κ1) is 13.2. The number of benzene rings is 1. The first-order valence-electron chi connectivity index (χ1n) is 6.56. The fourth-order valence-corrected chi connectivity index (χ4v) is 3.84. The summed E-state index contributed by atoms with van der Waals surface area (Å²) >= 11 is 1.92. The van der Waals surface area contributed by atoms with Gasteiger partial charge >= 0.3 is 0 Å². The number of nitrogens with one attached hydrogen (secondary N) is 2.